The number of hydrogen-bond donors (Lipinski definition) is 3. The predicted molar refractivity (Wildman–Crippen MR) is 106 cm³/mol. The van der Waals surface area contributed by atoms with Crippen LogP contribution in [0.3, 0.4) is 0 Å². The van der Waals surface area contributed by atoms with Gasteiger partial charge in [0.15, 0.2) is 0 Å². The fraction of sp³-hybridized carbons (Fsp3) is 0.765. The molecular weight excluding hydrogens is 392 g/mol. The van der Waals surface area contributed by atoms with Crippen LogP contribution in [0.4, 0.5) is 0 Å². The standard InChI is InChI=1S/C17H24N2O4S3/c1-7-12-11(8(2)20)15(21)19(12)13(16(22)23)14(7)26-9-5-10(18-6-9)17-24-3-4-25-17/h7-12,17-18,20H,3-6H2,1-2H3,(H,22,23)/t7-,8-,9+,10+,11-,12-/m1/s1. The van der Waals surface area contributed by atoms with E-state index in [9.17, 15) is 19.8 Å². The summed E-state index contributed by atoms with van der Waals surface area (Å²) in [6, 6.07) is 0.252. The molecule has 0 aromatic rings. The van der Waals surface area contributed by atoms with Crippen molar-refractivity contribution in [2.24, 2.45) is 11.8 Å². The van der Waals surface area contributed by atoms with Gasteiger partial charge in [0.05, 0.1) is 22.6 Å². The highest BCUT2D eigenvalue weighted by atomic mass is 32.2. The number of thioether (sulfide) groups is 3. The number of carboxylic acid groups (broad SMARTS) is 1. The van der Waals surface area contributed by atoms with Crippen molar-refractivity contribution in [1.29, 1.82) is 0 Å². The van der Waals surface area contributed by atoms with Crippen molar-refractivity contribution in [2.75, 3.05) is 18.1 Å². The highest BCUT2D eigenvalue weighted by Gasteiger charge is 2.60. The molecule has 4 rings (SSSR count). The van der Waals surface area contributed by atoms with Crippen molar-refractivity contribution in [3.8, 4) is 0 Å². The number of β-lactam (4-membered cyclic amide) rings is 1. The molecule has 4 aliphatic rings. The van der Waals surface area contributed by atoms with E-state index in [2.05, 4.69) is 5.32 Å². The van der Waals surface area contributed by atoms with Crippen molar-refractivity contribution in [1.82, 2.24) is 10.2 Å². The molecule has 9 heteroatoms. The quantitative estimate of drug-likeness (QED) is 0.580. The zero-order chi connectivity index (χ0) is 18.6. The summed E-state index contributed by atoms with van der Waals surface area (Å²) >= 11 is 5.65. The van der Waals surface area contributed by atoms with Gasteiger partial charge >= 0.3 is 5.97 Å². The van der Waals surface area contributed by atoms with Gasteiger partial charge in [-0.05, 0) is 13.3 Å². The molecule has 3 saturated heterocycles. The number of aliphatic hydroxyl groups excluding tert-OH is 1. The Morgan fingerprint density at radius 1 is 1.38 bits per heavy atom. The van der Waals surface area contributed by atoms with Gasteiger partial charge in [-0.2, -0.15) is 0 Å². The van der Waals surface area contributed by atoms with Gasteiger partial charge in [0.25, 0.3) is 0 Å². The third kappa shape index (κ3) is 2.99. The molecule has 4 aliphatic heterocycles. The van der Waals surface area contributed by atoms with Crippen LogP contribution in [0.2, 0.25) is 0 Å². The monoisotopic (exact) mass is 416 g/mol. The molecular formula is C17H24N2O4S3. The van der Waals surface area contributed by atoms with Crippen molar-refractivity contribution in [3.63, 3.8) is 0 Å². The molecule has 0 aromatic carbocycles. The lowest BCUT2D eigenvalue weighted by atomic mass is 9.79. The van der Waals surface area contributed by atoms with Crippen molar-refractivity contribution < 1.29 is 19.8 Å². The fourth-order valence-electron chi connectivity index (χ4n) is 4.50. The molecule has 0 saturated carbocycles. The van der Waals surface area contributed by atoms with Gasteiger partial charge in [0, 0.05) is 40.2 Å². The predicted octanol–water partition coefficient (Wildman–Crippen LogP) is 1.41. The number of carbonyl (C=O) groups is 2. The molecule has 4 heterocycles. The highest BCUT2D eigenvalue weighted by Crippen LogP contribution is 2.52. The summed E-state index contributed by atoms with van der Waals surface area (Å²) in [5.74, 6) is 0.581. The van der Waals surface area contributed by atoms with Crippen LogP contribution in [0, 0.1) is 11.8 Å². The summed E-state index contributed by atoms with van der Waals surface area (Å²) in [5, 5.41) is 23.6. The van der Waals surface area contributed by atoms with E-state index in [0.717, 1.165) is 17.9 Å². The Labute approximate surface area is 165 Å². The van der Waals surface area contributed by atoms with Crippen molar-refractivity contribution >= 4 is 47.2 Å². The minimum Gasteiger partial charge on any atom is -0.477 e. The van der Waals surface area contributed by atoms with Gasteiger partial charge in [-0.15, -0.1) is 35.3 Å². The van der Waals surface area contributed by atoms with Crippen LogP contribution >= 0.6 is 35.3 Å². The topological polar surface area (TPSA) is 89.9 Å². The van der Waals surface area contributed by atoms with Crippen LogP contribution < -0.4 is 5.32 Å². The number of aliphatic carboxylic acids is 1. The lowest BCUT2D eigenvalue weighted by Crippen LogP contribution is -2.63. The van der Waals surface area contributed by atoms with Crippen LogP contribution in [0.5, 0.6) is 0 Å². The zero-order valence-corrected chi connectivity index (χ0v) is 17.2. The average Bonchev–Trinajstić information content (AvgIpc) is 3.28. The van der Waals surface area contributed by atoms with Crippen LogP contribution in [0.1, 0.15) is 20.3 Å². The van der Waals surface area contributed by atoms with Crippen LogP contribution in [0.25, 0.3) is 0 Å². The maximum atomic E-state index is 12.4. The second-order valence-electron chi connectivity index (χ2n) is 7.37. The second kappa shape index (κ2) is 7.24. The van der Waals surface area contributed by atoms with Crippen LogP contribution in [-0.4, -0.2) is 73.1 Å². The van der Waals surface area contributed by atoms with E-state index in [4.69, 9.17) is 0 Å². The number of carboxylic acids is 1. The summed E-state index contributed by atoms with van der Waals surface area (Å²) in [7, 11) is 0. The molecule has 0 aromatic heterocycles. The second-order valence-corrected chi connectivity index (χ2v) is 11.5. The molecule has 0 bridgehead atoms. The Morgan fingerprint density at radius 2 is 2.08 bits per heavy atom. The number of fused-ring (bicyclic) bond motifs is 1. The number of aliphatic hydroxyl groups is 1. The lowest BCUT2D eigenvalue weighted by molar-refractivity contribution is -0.163. The van der Waals surface area contributed by atoms with Crippen LogP contribution in [-0.2, 0) is 9.59 Å². The molecule has 144 valence electrons. The van der Waals surface area contributed by atoms with E-state index in [1.807, 2.05) is 30.4 Å². The number of carbonyl (C=O) groups excluding carboxylic acids is 1. The summed E-state index contributed by atoms with van der Waals surface area (Å²) in [5.41, 5.74) is 0.141. The van der Waals surface area contributed by atoms with Crippen molar-refractivity contribution in [3.05, 3.63) is 10.6 Å². The fourth-order valence-corrected chi connectivity index (χ4v) is 9.07. The number of nitrogens with one attached hydrogen (secondary N) is 1. The molecule has 26 heavy (non-hydrogen) atoms. The summed E-state index contributed by atoms with van der Waals surface area (Å²) < 4.78 is 0.593. The van der Waals surface area contributed by atoms with Gasteiger partial charge in [-0.25, -0.2) is 4.79 Å². The summed E-state index contributed by atoms with van der Waals surface area (Å²) in [6.45, 7) is 4.47. The lowest BCUT2D eigenvalue weighted by Gasteiger charge is -2.46. The average molecular weight is 417 g/mol. The Morgan fingerprint density at radius 3 is 2.69 bits per heavy atom. The number of hydrogen-bond acceptors (Lipinski definition) is 7. The number of rotatable bonds is 5. The molecule has 0 aliphatic carbocycles. The smallest absolute Gasteiger partial charge is 0.353 e. The van der Waals surface area contributed by atoms with Gasteiger partial charge < -0.3 is 20.4 Å². The third-order valence-corrected chi connectivity index (χ3v) is 10.5. The highest BCUT2D eigenvalue weighted by molar-refractivity contribution is 8.20. The maximum absolute atomic E-state index is 12.4. The zero-order valence-electron chi connectivity index (χ0n) is 14.8. The summed E-state index contributed by atoms with van der Waals surface area (Å²) in [6.07, 6.45) is 0.274. The van der Waals surface area contributed by atoms with Gasteiger partial charge in [0.1, 0.15) is 5.70 Å². The first-order valence-corrected chi connectivity index (χ1v) is 12.0. The molecule has 0 radical (unpaired) electrons. The van der Waals surface area contributed by atoms with E-state index < -0.39 is 18.0 Å². The molecule has 6 nitrogen and oxygen atoms in total. The van der Waals surface area contributed by atoms with Gasteiger partial charge in [-0.1, -0.05) is 6.92 Å². The van der Waals surface area contributed by atoms with Crippen LogP contribution in [0.15, 0.2) is 10.6 Å². The Hall–Kier alpha value is -0.350. The van der Waals surface area contributed by atoms with E-state index in [1.165, 1.54) is 16.4 Å². The number of nitrogens with zero attached hydrogens (tertiary/aromatic N) is 1. The first kappa shape index (κ1) is 19.0. The van der Waals surface area contributed by atoms with Crippen molar-refractivity contribution in [2.45, 2.75) is 48.3 Å². The number of amides is 1. The maximum Gasteiger partial charge on any atom is 0.353 e. The molecule has 6 atom stereocenters. The molecule has 0 unspecified atom stereocenters. The minimum absolute atomic E-state index is 0.0438. The Kier molecular flexibility index (Phi) is 5.28. The first-order valence-electron chi connectivity index (χ1n) is 9.02. The van der Waals surface area contributed by atoms with E-state index in [1.54, 1.807) is 18.7 Å². The first-order chi connectivity index (χ1) is 12.4. The Bertz CT molecular complexity index is 650. The summed E-state index contributed by atoms with van der Waals surface area (Å²) in [4.78, 5) is 26.5. The van der Waals surface area contributed by atoms with E-state index in [0.29, 0.717) is 15.9 Å². The van der Waals surface area contributed by atoms with E-state index >= 15 is 0 Å². The van der Waals surface area contributed by atoms with E-state index in [-0.39, 0.29) is 23.6 Å². The SMILES string of the molecule is C[C@@H](O)[C@H]1C(=O)N2C(C(=O)O)=C(S[C@@H]3CN[C@H](C4SCCS4)C3)[C@H](C)[C@H]12. The molecule has 0 spiro atoms. The normalized spacial score (nSPS) is 38.7. The third-order valence-electron chi connectivity index (χ3n) is 5.71. The van der Waals surface area contributed by atoms with Gasteiger partial charge in [-0.3, -0.25) is 4.79 Å². The molecule has 3 fully saturated rings. The molecule has 3 N–H and O–H groups in total. The van der Waals surface area contributed by atoms with Gasteiger partial charge in [0.2, 0.25) is 5.91 Å². The molecule has 1 amide bonds. The minimum atomic E-state index is -1.04. The largest absolute Gasteiger partial charge is 0.477 e. The Balaban J connectivity index is 1.50.